The topological polar surface area (TPSA) is 40.6 Å². The van der Waals surface area contributed by atoms with E-state index in [2.05, 4.69) is 6.92 Å². The largest absolute Gasteiger partial charge is 0.345 e. The number of unbranched alkanes of at least 4 members (excludes halogenated alkanes) is 1. The van der Waals surface area contributed by atoms with Crippen LogP contribution >= 0.6 is 0 Å². The van der Waals surface area contributed by atoms with Gasteiger partial charge in [-0.15, -0.1) is 0 Å². The third-order valence-corrected chi connectivity index (χ3v) is 4.21. The van der Waals surface area contributed by atoms with Gasteiger partial charge in [0.1, 0.15) is 5.41 Å². The summed E-state index contributed by atoms with van der Waals surface area (Å²) >= 11 is 0. The molecule has 1 saturated carbocycles. The number of carbonyl (C=O) groups excluding carboxylic acids is 2. The van der Waals surface area contributed by atoms with Gasteiger partial charge in [-0.05, 0) is 31.4 Å². The Morgan fingerprint density at radius 3 is 2.24 bits per heavy atom. The molecule has 1 aromatic rings. The van der Waals surface area contributed by atoms with Crippen LogP contribution in [0.2, 0.25) is 0 Å². The fourth-order valence-electron chi connectivity index (χ4n) is 2.60. The van der Waals surface area contributed by atoms with E-state index in [9.17, 15) is 9.59 Å². The molecule has 1 aromatic carbocycles. The summed E-state index contributed by atoms with van der Waals surface area (Å²) in [5.41, 5.74) is 0.0189. The van der Waals surface area contributed by atoms with Crippen molar-refractivity contribution in [2.24, 2.45) is 5.41 Å². The first-order valence-corrected chi connectivity index (χ1v) is 7.61. The molecule has 21 heavy (non-hydrogen) atoms. The minimum atomic E-state index is -0.812. The maximum atomic E-state index is 12.7. The molecule has 0 atom stereocenters. The summed E-state index contributed by atoms with van der Waals surface area (Å²) in [5.74, 6) is -0.106. The van der Waals surface area contributed by atoms with Crippen molar-refractivity contribution in [3.05, 3.63) is 30.3 Å². The highest BCUT2D eigenvalue weighted by Gasteiger charge is 2.58. The average Bonchev–Trinajstić information content (AvgIpc) is 3.33. The summed E-state index contributed by atoms with van der Waals surface area (Å²) in [6.45, 7) is 2.82. The number of rotatable bonds is 6. The van der Waals surface area contributed by atoms with Crippen LogP contribution in [-0.2, 0) is 9.59 Å². The van der Waals surface area contributed by atoms with Crippen LogP contribution < -0.4 is 4.90 Å². The van der Waals surface area contributed by atoms with Crippen LogP contribution in [0, 0.1) is 5.41 Å². The number of amides is 2. The average molecular weight is 288 g/mol. The summed E-state index contributed by atoms with van der Waals surface area (Å²) in [4.78, 5) is 28.6. The Kier molecular flexibility index (Phi) is 4.66. The number of anilines is 1. The van der Waals surface area contributed by atoms with Crippen LogP contribution in [0.1, 0.15) is 32.6 Å². The first-order chi connectivity index (χ1) is 10.0. The summed E-state index contributed by atoms with van der Waals surface area (Å²) in [5, 5.41) is 0. The zero-order chi connectivity index (χ0) is 15.5. The lowest BCUT2D eigenvalue weighted by atomic mass is 10.0. The van der Waals surface area contributed by atoms with Crippen LogP contribution in [0.15, 0.2) is 30.3 Å². The SMILES string of the molecule is CCCCN(C)C(=O)C1(C(=O)N(C)c2ccccc2)CC1. The molecule has 1 aliphatic carbocycles. The molecule has 0 radical (unpaired) electrons. The molecular weight excluding hydrogens is 264 g/mol. The van der Waals surface area contributed by atoms with E-state index in [0.717, 1.165) is 25.1 Å². The highest BCUT2D eigenvalue weighted by Crippen LogP contribution is 2.49. The molecule has 4 nitrogen and oxygen atoms in total. The number of hydrogen-bond donors (Lipinski definition) is 0. The van der Waals surface area contributed by atoms with Gasteiger partial charge in [-0.2, -0.15) is 0 Å². The van der Waals surface area contributed by atoms with Crippen molar-refractivity contribution in [2.45, 2.75) is 32.6 Å². The second kappa shape index (κ2) is 6.29. The van der Waals surface area contributed by atoms with E-state index in [1.54, 1.807) is 23.9 Å². The van der Waals surface area contributed by atoms with Gasteiger partial charge in [0, 0.05) is 26.3 Å². The molecular formula is C17H24N2O2. The number of hydrogen-bond acceptors (Lipinski definition) is 2. The van der Waals surface area contributed by atoms with Gasteiger partial charge < -0.3 is 9.80 Å². The molecule has 0 heterocycles. The predicted molar refractivity (Wildman–Crippen MR) is 84.1 cm³/mol. The first-order valence-electron chi connectivity index (χ1n) is 7.61. The Hall–Kier alpha value is -1.84. The monoisotopic (exact) mass is 288 g/mol. The molecule has 0 saturated heterocycles. The molecule has 2 rings (SSSR count). The van der Waals surface area contributed by atoms with Gasteiger partial charge in [0.05, 0.1) is 0 Å². The van der Waals surface area contributed by atoms with Crippen LogP contribution in [-0.4, -0.2) is 37.4 Å². The van der Waals surface area contributed by atoms with Gasteiger partial charge in [0.2, 0.25) is 11.8 Å². The van der Waals surface area contributed by atoms with E-state index in [4.69, 9.17) is 0 Å². The molecule has 0 N–H and O–H groups in total. The summed E-state index contributed by atoms with van der Waals surface area (Å²) < 4.78 is 0. The zero-order valence-corrected chi connectivity index (χ0v) is 13.1. The number of benzene rings is 1. The fourth-order valence-corrected chi connectivity index (χ4v) is 2.60. The summed E-state index contributed by atoms with van der Waals surface area (Å²) in [7, 11) is 3.55. The van der Waals surface area contributed by atoms with E-state index in [-0.39, 0.29) is 11.8 Å². The molecule has 114 valence electrons. The second-order valence-corrected chi connectivity index (χ2v) is 5.86. The third kappa shape index (κ3) is 3.09. The van der Waals surface area contributed by atoms with Gasteiger partial charge >= 0.3 is 0 Å². The van der Waals surface area contributed by atoms with Gasteiger partial charge in [0.15, 0.2) is 0 Å². The van der Waals surface area contributed by atoms with Gasteiger partial charge in [-0.1, -0.05) is 31.5 Å². The van der Waals surface area contributed by atoms with Crippen molar-refractivity contribution >= 4 is 17.5 Å². The highest BCUT2D eigenvalue weighted by atomic mass is 16.2. The Labute approximate surface area is 126 Å². The van der Waals surface area contributed by atoms with Crippen molar-refractivity contribution in [1.82, 2.24) is 4.90 Å². The minimum Gasteiger partial charge on any atom is -0.345 e. The Morgan fingerprint density at radius 2 is 1.71 bits per heavy atom. The Morgan fingerprint density at radius 1 is 1.10 bits per heavy atom. The van der Waals surface area contributed by atoms with Crippen molar-refractivity contribution in [2.75, 3.05) is 25.5 Å². The molecule has 0 unspecified atom stereocenters. The Balaban J connectivity index is 2.09. The molecule has 0 spiro atoms. The quantitative estimate of drug-likeness (QED) is 0.755. The van der Waals surface area contributed by atoms with Crippen molar-refractivity contribution in [1.29, 1.82) is 0 Å². The van der Waals surface area contributed by atoms with Crippen LogP contribution in [0.5, 0.6) is 0 Å². The van der Waals surface area contributed by atoms with Crippen LogP contribution in [0.25, 0.3) is 0 Å². The molecule has 0 aliphatic heterocycles. The van der Waals surface area contributed by atoms with E-state index in [1.165, 1.54) is 0 Å². The smallest absolute Gasteiger partial charge is 0.242 e. The van der Waals surface area contributed by atoms with E-state index >= 15 is 0 Å². The van der Waals surface area contributed by atoms with Crippen LogP contribution in [0.4, 0.5) is 5.69 Å². The van der Waals surface area contributed by atoms with Gasteiger partial charge in [0.25, 0.3) is 0 Å². The first kappa shape index (κ1) is 15.5. The molecule has 2 amide bonds. The molecule has 4 heteroatoms. The number of para-hydroxylation sites is 1. The number of nitrogens with zero attached hydrogens (tertiary/aromatic N) is 2. The lowest BCUT2D eigenvalue weighted by Gasteiger charge is -2.27. The minimum absolute atomic E-state index is 0.0243. The maximum Gasteiger partial charge on any atom is 0.242 e. The number of carbonyl (C=O) groups is 2. The molecule has 1 aliphatic rings. The zero-order valence-electron chi connectivity index (χ0n) is 13.1. The fraction of sp³-hybridized carbons (Fsp3) is 0.529. The van der Waals surface area contributed by atoms with Crippen LogP contribution in [0.3, 0.4) is 0 Å². The van der Waals surface area contributed by atoms with Gasteiger partial charge in [-0.3, -0.25) is 9.59 Å². The van der Waals surface area contributed by atoms with Crippen molar-refractivity contribution < 1.29 is 9.59 Å². The molecule has 0 bridgehead atoms. The lowest BCUT2D eigenvalue weighted by molar-refractivity contribution is -0.142. The standard InChI is InChI=1S/C17H24N2O2/c1-4-5-13-18(2)15(20)17(11-12-17)16(21)19(3)14-9-7-6-8-10-14/h6-10H,4-5,11-13H2,1-3H3. The summed E-state index contributed by atoms with van der Waals surface area (Å²) in [6, 6.07) is 9.48. The van der Waals surface area contributed by atoms with E-state index in [0.29, 0.717) is 12.8 Å². The van der Waals surface area contributed by atoms with Gasteiger partial charge in [-0.25, -0.2) is 0 Å². The Bertz CT molecular complexity index is 509. The van der Waals surface area contributed by atoms with Crippen molar-refractivity contribution in [3.8, 4) is 0 Å². The normalized spacial score (nSPS) is 15.4. The predicted octanol–water partition coefficient (Wildman–Crippen LogP) is 2.69. The van der Waals surface area contributed by atoms with E-state index < -0.39 is 5.41 Å². The maximum absolute atomic E-state index is 12.7. The second-order valence-electron chi connectivity index (χ2n) is 5.86. The molecule has 0 aromatic heterocycles. The van der Waals surface area contributed by atoms with E-state index in [1.807, 2.05) is 30.3 Å². The third-order valence-electron chi connectivity index (χ3n) is 4.21. The lowest BCUT2D eigenvalue weighted by Crippen LogP contribution is -2.45. The molecule has 1 fully saturated rings. The summed E-state index contributed by atoms with van der Waals surface area (Å²) in [6.07, 6.45) is 3.35. The van der Waals surface area contributed by atoms with Crippen molar-refractivity contribution in [3.63, 3.8) is 0 Å². The highest BCUT2D eigenvalue weighted by molar-refractivity contribution is 6.13.